The Labute approximate surface area is 175 Å². The number of esters is 1. The Bertz CT molecular complexity index is 863. The number of carbonyl (C=O) groups excluding carboxylic acids is 2. The molecular formula is C21H28N2O5S. The van der Waals surface area contributed by atoms with E-state index >= 15 is 0 Å². The molecule has 1 N–H and O–H groups in total. The van der Waals surface area contributed by atoms with Gasteiger partial charge in [-0.2, -0.15) is 0 Å². The first kappa shape index (κ1) is 22.7. The molecule has 1 amide bonds. The molecule has 8 heteroatoms. The van der Waals surface area contributed by atoms with Crippen LogP contribution >= 0.6 is 11.3 Å². The number of aryl methyl sites for hydroxylation is 1. The Hall–Kier alpha value is -2.61. The van der Waals surface area contributed by atoms with Gasteiger partial charge in [0.1, 0.15) is 4.88 Å². The number of rotatable bonds is 9. The van der Waals surface area contributed by atoms with Crippen LogP contribution < -0.4 is 14.8 Å². The van der Waals surface area contributed by atoms with Crippen molar-refractivity contribution in [2.45, 2.75) is 39.7 Å². The lowest BCUT2D eigenvalue weighted by Gasteiger charge is -2.19. The molecule has 0 aliphatic rings. The van der Waals surface area contributed by atoms with Crippen molar-refractivity contribution in [3.63, 3.8) is 0 Å². The highest BCUT2D eigenvalue weighted by molar-refractivity contribution is 7.13. The summed E-state index contributed by atoms with van der Waals surface area (Å²) < 4.78 is 15.4. The van der Waals surface area contributed by atoms with Crippen LogP contribution in [-0.2, 0) is 16.0 Å². The highest BCUT2D eigenvalue weighted by Gasteiger charge is 2.24. The first-order valence-corrected chi connectivity index (χ1v) is 10.2. The molecule has 0 saturated heterocycles. The summed E-state index contributed by atoms with van der Waals surface area (Å²) in [5.74, 6) is 0.846. The second kappa shape index (κ2) is 10.2. The average Bonchev–Trinajstić information content (AvgIpc) is 3.05. The van der Waals surface area contributed by atoms with Gasteiger partial charge in [0.05, 0.1) is 44.5 Å². The quantitative estimate of drug-likeness (QED) is 0.623. The average molecular weight is 421 g/mol. The topological polar surface area (TPSA) is 86.8 Å². The zero-order chi connectivity index (χ0) is 21.6. The fourth-order valence-corrected chi connectivity index (χ4v) is 4.07. The van der Waals surface area contributed by atoms with E-state index < -0.39 is 12.0 Å². The van der Waals surface area contributed by atoms with E-state index in [9.17, 15) is 9.59 Å². The Morgan fingerprint density at radius 3 is 2.41 bits per heavy atom. The van der Waals surface area contributed by atoms with Crippen molar-refractivity contribution in [2.75, 3.05) is 21.3 Å². The molecule has 1 unspecified atom stereocenters. The lowest BCUT2D eigenvalue weighted by Crippen LogP contribution is -2.30. The molecule has 1 aromatic heterocycles. The van der Waals surface area contributed by atoms with Crippen LogP contribution in [0.3, 0.4) is 0 Å². The first-order valence-electron chi connectivity index (χ1n) is 9.34. The van der Waals surface area contributed by atoms with E-state index in [2.05, 4.69) is 24.1 Å². The van der Waals surface area contributed by atoms with Crippen molar-refractivity contribution in [3.8, 4) is 11.5 Å². The summed E-state index contributed by atoms with van der Waals surface area (Å²) in [5, 5.41) is 3.87. The first-order chi connectivity index (χ1) is 13.8. The minimum Gasteiger partial charge on any atom is -0.493 e. The van der Waals surface area contributed by atoms with Crippen LogP contribution in [0.25, 0.3) is 0 Å². The number of ether oxygens (including phenoxy) is 3. The van der Waals surface area contributed by atoms with Gasteiger partial charge in [-0.05, 0) is 30.5 Å². The Kier molecular flexibility index (Phi) is 8.01. The third kappa shape index (κ3) is 5.93. The Balaban J connectivity index is 2.30. The number of nitrogens with one attached hydrogen (secondary N) is 1. The van der Waals surface area contributed by atoms with Crippen LogP contribution in [0.2, 0.25) is 0 Å². The smallest absolute Gasteiger partial charge is 0.307 e. The van der Waals surface area contributed by atoms with Crippen LogP contribution in [0.15, 0.2) is 18.2 Å². The van der Waals surface area contributed by atoms with Crippen molar-refractivity contribution in [2.24, 2.45) is 5.92 Å². The maximum Gasteiger partial charge on any atom is 0.307 e. The minimum atomic E-state index is -0.579. The number of thiazole rings is 1. The number of carbonyl (C=O) groups is 2. The number of hydrogen-bond acceptors (Lipinski definition) is 7. The molecule has 0 bridgehead atoms. The molecule has 0 aliphatic carbocycles. The molecule has 0 radical (unpaired) electrons. The van der Waals surface area contributed by atoms with Gasteiger partial charge in [0.15, 0.2) is 11.5 Å². The fourth-order valence-electron chi connectivity index (χ4n) is 2.90. The summed E-state index contributed by atoms with van der Waals surface area (Å²) in [6.07, 6.45) is 0.814. The summed E-state index contributed by atoms with van der Waals surface area (Å²) in [4.78, 5) is 30.0. The second-order valence-electron chi connectivity index (χ2n) is 7.04. The normalized spacial score (nSPS) is 11.8. The molecule has 0 saturated carbocycles. The molecule has 0 spiro atoms. The molecule has 2 aromatic rings. The largest absolute Gasteiger partial charge is 0.493 e. The molecule has 0 fully saturated rings. The van der Waals surface area contributed by atoms with E-state index in [0.717, 1.165) is 11.4 Å². The van der Waals surface area contributed by atoms with Gasteiger partial charge >= 0.3 is 5.97 Å². The molecule has 1 aromatic carbocycles. The molecule has 0 aliphatic heterocycles. The van der Waals surface area contributed by atoms with Crippen molar-refractivity contribution in [1.29, 1.82) is 0 Å². The molecule has 2 rings (SSSR count). The van der Waals surface area contributed by atoms with E-state index in [4.69, 9.17) is 14.2 Å². The lowest BCUT2D eigenvalue weighted by molar-refractivity contribution is -0.141. The van der Waals surface area contributed by atoms with E-state index in [1.165, 1.54) is 25.6 Å². The third-order valence-electron chi connectivity index (χ3n) is 4.34. The standard InChI is InChI=1S/C21H28N2O5S/c1-12(2)9-18-22-13(3)20(29-18)21(25)23-15(11-19(24)28-6)14-7-8-16(26-4)17(10-14)27-5/h7-8,10,12,15H,9,11H2,1-6H3,(H,23,25). The summed E-state index contributed by atoms with van der Waals surface area (Å²) in [5.41, 5.74) is 1.40. The van der Waals surface area contributed by atoms with Gasteiger partial charge in [-0.15, -0.1) is 11.3 Å². The Morgan fingerprint density at radius 2 is 1.83 bits per heavy atom. The molecular weight excluding hydrogens is 392 g/mol. The maximum atomic E-state index is 12.9. The highest BCUT2D eigenvalue weighted by Crippen LogP contribution is 2.31. The fraction of sp³-hybridized carbons (Fsp3) is 0.476. The van der Waals surface area contributed by atoms with Crippen molar-refractivity contribution < 1.29 is 23.8 Å². The van der Waals surface area contributed by atoms with E-state index in [-0.39, 0.29) is 12.3 Å². The third-order valence-corrected chi connectivity index (χ3v) is 5.52. The van der Waals surface area contributed by atoms with Crippen molar-refractivity contribution in [3.05, 3.63) is 39.3 Å². The molecule has 158 valence electrons. The molecule has 1 atom stereocenters. The number of benzene rings is 1. The van der Waals surface area contributed by atoms with Crippen LogP contribution in [-0.4, -0.2) is 38.2 Å². The van der Waals surface area contributed by atoms with Gasteiger partial charge < -0.3 is 19.5 Å². The van der Waals surface area contributed by atoms with E-state index in [1.54, 1.807) is 25.3 Å². The summed E-state index contributed by atoms with van der Waals surface area (Å²) >= 11 is 1.39. The van der Waals surface area contributed by atoms with Crippen LogP contribution in [0.4, 0.5) is 0 Å². The minimum absolute atomic E-state index is 0.00553. The van der Waals surface area contributed by atoms with Crippen LogP contribution in [0.5, 0.6) is 11.5 Å². The molecule has 29 heavy (non-hydrogen) atoms. The SMILES string of the molecule is COC(=O)CC(NC(=O)c1sc(CC(C)C)nc1C)c1ccc(OC)c(OC)c1. The van der Waals surface area contributed by atoms with E-state index in [1.807, 2.05) is 6.92 Å². The highest BCUT2D eigenvalue weighted by atomic mass is 32.1. The second-order valence-corrected chi connectivity index (χ2v) is 8.12. The lowest BCUT2D eigenvalue weighted by atomic mass is 10.0. The number of aromatic nitrogens is 1. The van der Waals surface area contributed by atoms with Gasteiger partial charge in [-0.25, -0.2) is 4.98 Å². The number of nitrogens with zero attached hydrogens (tertiary/aromatic N) is 1. The van der Waals surface area contributed by atoms with Crippen molar-refractivity contribution in [1.82, 2.24) is 10.3 Å². The van der Waals surface area contributed by atoms with Crippen LogP contribution in [0, 0.1) is 12.8 Å². The van der Waals surface area contributed by atoms with Gasteiger partial charge in [0, 0.05) is 6.42 Å². The zero-order valence-electron chi connectivity index (χ0n) is 17.7. The maximum absolute atomic E-state index is 12.9. The number of hydrogen-bond donors (Lipinski definition) is 1. The predicted octanol–water partition coefficient (Wildman–Crippen LogP) is 3.70. The summed E-state index contributed by atoms with van der Waals surface area (Å²) in [6, 6.07) is 4.70. The zero-order valence-corrected chi connectivity index (χ0v) is 18.5. The summed E-state index contributed by atoms with van der Waals surface area (Å²) in [6.45, 7) is 6.04. The van der Waals surface area contributed by atoms with Gasteiger partial charge in [-0.1, -0.05) is 19.9 Å². The monoisotopic (exact) mass is 420 g/mol. The van der Waals surface area contributed by atoms with Gasteiger partial charge in [-0.3, -0.25) is 9.59 Å². The summed E-state index contributed by atoms with van der Waals surface area (Å²) in [7, 11) is 4.40. The number of amides is 1. The van der Waals surface area contributed by atoms with Gasteiger partial charge in [0.25, 0.3) is 5.91 Å². The molecule has 1 heterocycles. The Morgan fingerprint density at radius 1 is 1.14 bits per heavy atom. The van der Waals surface area contributed by atoms with Crippen molar-refractivity contribution >= 4 is 23.2 Å². The van der Waals surface area contributed by atoms with Gasteiger partial charge in [0.2, 0.25) is 0 Å². The predicted molar refractivity (Wildman–Crippen MR) is 112 cm³/mol. The molecule has 7 nitrogen and oxygen atoms in total. The number of methoxy groups -OCH3 is 3. The van der Waals surface area contributed by atoms with E-state index in [0.29, 0.717) is 33.6 Å². The van der Waals surface area contributed by atoms with Crippen LogP contribution in [0.1, 0.15) is 52.2 Å².